The Labute approximate surface area is 323 Å². The zero-order chi connectivity index (χ0) is 43.5. The second kappa shape index (κ2) is 16.1. The van der Waals surface area contributed by atoms with Gasteiger partial charge in [-0.2, -0.15) is 8.78 Å². The SMILES string of the molecule is CC(C)[P+](c1c(F)c(F)c([B@-](F)(C(=C(c2ccccc2)c2ccccc2)c2c(F)c(F)c(F)c(F)c2F)c2c(F)c(F)c(F)c(F)c2F)c(F)c1F)(C(C)C)C(C)C. The number of hydrogen-bond donors (Lipinski definition) is 0. The van der Waals surface area contributed by atoms with Gasteiger partial charge in [0, 0.05) is 5.56 Å². The van der Waals surface area contributed by atoms with Gasteiger partial charge in [-0.25, -0.2) is 52.7 Å². The van der Waals surface area contributed by atoms with Gasteiger partial charge >= 0.3 is 0 Å². The van der Waals surface area contributed by atoms with E-state index in [-0.39, 0.29) is 0 Å². The summed E-state index contributed by atoms with van der Waals surface area (Å²) in [5.41, 5.74) is -15.4. The molecule has 0 bridgehead atoms. The summed E-state index contributed by atoms with van der Waals surface area (Å²) in [6, 6.07) is 10.9. The van der Waals surface area contributed by atoms with Crippen molar-refractivity contribution in [3.63, 3.8) is 0 Å². The first-order valence-electron chi connectivity index (χ1n) is 17.5. The predicted molar refractivity (Wildman–Crippen MR) is 196 cm³/mol. The monoisotopic (exact) mass is 850 g/mol. The van der Waals surface area contributed by atoms with Crippen LogP contribution in [0.5, 0.6) is 0 Å². The molecule has 0 aromatic heterocycles. The van der Waals surface area contributed by atoms with Crippen molar-refractivity contribution >= 4 is 41.0 Å². The molecule has 5 aromatic rings. The third-order valence-electron chi connectivity index (χ3n) is 10.5. The topological polar surface area (TPSA) is 0 Å². The minimum absolute atomic E-state index is 0.580. The molecule has 0 unspecified atom stereocenters. The summed E-state index contributed by atoms with van der Waals surface area (Å²) in [6.45, 7) is 8.78. The molecule has 5 rings (SSSR count). The molecule has 58 heavy (non-hydrogen) atoms. The molecule has 17 heteroatoms. The van der Waals surface area contributed by atoms with Gasteiger partial charge in [-0.15, -0.1) is 5.47 Å². The Kier molecular flexibility index (Phi) is 12.4. The van der Waals surface area contributed by atoms with Crippen molar-refractivity contribution in [2.75, 3.05) is 0 Å². The highest BCUT2D eigenvalue weighted by atomic mass is 31.2. The second-order valence-corrected chi connectivity index (χ2v) is 19.6. The molecular formula is C41H31BF15P. The lowest BCUT2D eigenvalue weighted by molar-refractivity contribution is 0.376. The fraction of sp³-hybridized carbons (Fsp3) is 0.220. The third kappa shape index (κ3) is 6.50. The number of rotatable bonds is 10. The van der Waals surface area contributed by atoms with E-state index in [2.05, 4.69) is 0 Å². The minimum atomic E-state index is -6.73. The predicted octanol–water partition coefficient (Wildman–Crippen LogP) is 11.7. The Morgan fingerprint density at radius 2 is 0.672 bits per heavy atom. The van der Waals surface area contributed by atoms with Crippen LogP contribution in [0.1, 0.15) is 58.2 Å². The fourth-order valence-electron chi connectivity index (χ4n) is 8.35. The highest BCUT2D eigenvalue weighted by Crippen LogP contribution is 2.69. The van der Waals surface area contributed by atoms with Crippen LogP contribution in [0, 0.1) is 81.4 Å². The Morgan fingerprint density at radius 1 is 0.397 bits per heavy atom. The van der Waals surface area contributed by atoms with E-state index >= 15 is 57.0 Å². The van der Waals surface area contributed by atoms with Crippen molar-refractivity contribution in [3.8, 4) is 0 Å². The Bertz CT molecular complexity index is 2300. The molecule has 0 saturated heterocycles. The first kappa shape index (κ1) is 44.4. The van der Waals surface area contributed by atoms with Gasteiger partial charge in [0.05, 0.1) is 24.2 Å². The molecule has 0 aliphatic carbocycles. The number of benzene rings is 5. The third-order valence-corrected chi connectivity index (χ3v) is 16.8. The van der Waals surface area contributed by atoms with Gasteiger partial charge in [0.25, 0.3) is 0 Å². The molecule has 0 saturated carbocycles. The molecule has 0 nitrogen and oxygen atoms in total. The fourth-order valence-corrected chi connectivity index (χ4v) is 14.3. The van der Waals surface area contributed by atoms with Crippen LogP contribution >= 0.6 is 7.26 Å². The summed E-state index contributed by atoms with van der Waals surface area (Å²) >= 11 is 0. The summed E-state index contributed by atoms with van der Waals surface area (Å²) in [5, 5.41) is -1.27. The molecule has 0 aliphatic heterocycles. The van der Waals surface area contributed by atoms with E-state index in [1.54, 1.807) is 0 Å². The van der Waals surface area contributed by atoms with Gasteiger partial charge in [0.15, 0.2) is 46.0 Å². The standard InChI is InChI=1S/C41H31BF15P/c1-17(2)58(18(3)4,19(5)6)41-39(55)31(47)26(32(48)40(41)56)42(57,25-29(45)35(51)38(54)36(52)30(25)46)24(23-27(43)33(49)37(53)34(50)28(23)44)22(20-13-9-7-10-14-20)21-15-11-8-12-16-21/h7-19H,1-6H3/t42-/m0/s1. The maximum atomic E-state index is 19.3. The summed E-state index contributed by atoms with van der Waals surface area (Å²) in [7, 11) is -3.55. The van der Waals surface area contributed by atoms with Gasteiger partial charge in [-0.3, -0.25) is 0 Å². The van der Waals surface area contributed by atoms with Crippen LogP contribution in [-0.2, 0) is 0 Å². The van der Waals surface area contributed by atoms with Crippen LogP contribution in [0.3, 0.4) is 0 Å². The smallest absolute Gasteiger partial charge is 0.247 e. The quantitative estimate of drug-likeness (QED) is 0.0328. The van der Waals surface area contributed by atoms with E-state index in [0.717, 1.165) is 48.5 Å². The summed E-state index contributed by atoms with van der Waals surface area (Å²) in [6.07, 6.45) is -6.73. The van der Waals surface area contributed by atoms with Crippen molar-refractivity contribution in [3.05, 3.63) is 159 Å². The summed E-state index contributed by atoms with van der Waals surface area (Å²) in [4.78, 5) is 0. The first-order chi connectivity index (χ1) is 27.0. The lowest BCUT2D eigenvalue weighted by atomic mass is 9.28. The van der Waals surface area contributed by atoms with E-state index in [1.165, 1.54) is 53.7 Å². The van der Waals surface area contributed by atoms with Crippen LogP contribution in [0.2, 0.25) is 0 Å². The zero-order valence-electron chi connectivity index (χ0n) is 31.2. The van der Waals surface area contributed by atoms with Crippen molar-refractivity contribution in [2.45, 2.75) is 58.5 Å². The largest absolute Gasteiger partial charge is 0.498 e. The maximum Gasteiger partial charge on any atom is 0.247 e. The number of halogens is 15. The zero-order valence-corrected chi connectivity index (χ0v) is 32.1. The van der Waals surface area contributed by atoms with Crippen LogP contribution in [0.15, 0.2) is 60.7 Å². The van der Waals surface area contributed by atoms with Crippen molar-refractivity contribution in [2.24, 2.45) is 0 Å². The van der Waals surface area contributed by atoms with Crippen LogP contribution in [0.4, 0.5) is 65.8 Å². The molecule has 0 fully saturated rings. The van der Waals surface area contributed by atoms with E-state index in [0.29, 0.717) is 0 Å². The van der Waals surface area contributed by atoms with Crippen molar-refractivity contribution in [1.29, 1.82) is 0 Å². The minimum Gasteiger partial charge on any atom is -0.498 e. The molecule has 0 amide bonds. The van der Waals surface area contributed by atoms with E-state index in [9.17, 15) is 8.78 Å². The van der Waals surface area contributed by atoms with Crippen molar-refractivity contribution < 1.29 is 65.8 Å². The average Bonchev–Trinajstić information content (AvgIpc) is 3.18. The second-order valence-electron chi connectivity index (χ2n) is 14.3. The van der Waals surface area contributed by atoms with Gasteiger partial charge in [-0.05, 0) is 58.2 Å². The molecule has 308 valence electrons. The molecule has 0 aliphatic rings. The van der Waals surface area contributed by atoms with E-state index in [1.807, 2.05) is 0 Å². The summed E-state index contributed by atoms with van der Waals surface area (Å²) < 4.78 is 242. The number of hydrogen-bond acceptors (Lipinski definition) is 0. The van der Waals surface area contributed by atoms with Gasteiger partial charge in [-0.1, -0.05) is 71.6 Å². The molecule has 0 spiro atoms. The normalized spacial score (nSPS) is 13.2. The molecule has 5 aromatic carbocycles. The lowest BCUT2D eigenvalue weighted by Crippen LogP contribution is -2.63. The van der Waals surface area contributed by atoms with Crippen LogP contribution in [0.25, 0.3) is 11.0 Å². The maximum absolute atomic E-state index is 19.3. The molecule has 1 atom stereocenters. The highest BCUT2D eigenvalue weighted by Gasteiger charge is 2.57. The Balaban J connectivity index is 2.28. The molecule has 0 radical (unpaired) electrons. The molecule has 0 N–H and O–H groups in total. The highest BCUT2D eigenvalue weighted by molar-refractivity contribution is 7.84. The lowest BCUT2D eigenvalue weighted by Gasteiger charge is -2.42. The Hall–Kier alpha value is -4.72. The molecular weight excluding hydrogens is 819 g/mol. The van der Waals surface area contributed by atoms with Gasteiger partial charge < -0.3 is 4.32 Å². The van der Waals surface area contributed by atoms with Crippen LogP contribution in [-0.4, -0.2) is 23.4 Å². The molecule has 0 heterocycles. The van der Waals surface area contributed by atoms with E-state index < -0.39 is 156 Å². The average molecular weight is 850 g/mol. The Morgan fingerprint density at radius 3 is 0.983 bits per heavy atom. The first-order valence-corrected chi connectivity index (χ1v) is 19.5. The van der Waals surface area contributed by atoms with Crippen LogP contribution < -0.4 is 16.2 Å². The van der Waals surface area contributed by atoms with Gasteiger partial charge in [0.2, 0.25) is 23.9 Å². The summed E-state index contributed by atoms with van der Waals surface area (Å²) in [5.74, 6) is -40.7. The van der Waals surface area contributed by atoms with E-state index in [4.69, 9.17) is 0 Å². The van der Waals surface area contributed by atoms with Gasteiger partial charge in [0.1, 0.15) is 23.3 Å². The van der Waals surface area contributed by atoms with Crippen molar-refractivity contribution in [1.82, 2.24) is 0 Å².